The Hall–Kier alpha value is -2.29. The number of pyridine rings is 1. The van der Waals surface area contributed by atoms with Crippen molar-refractivity contribution in [3.63, 3.8) is 0 Å². The molecule has 1 N–H and O–H groups in total. The monoisotopic (exact) mass is 239 g/mol. The van der Waals surface area contributed by atoms with E-state index < -0.39 is 0 Å². The molecule has 0 fully saturated rings. The molecular formula is C15H13NO2. The van der Waals surface area contributed by atoms with Gasteiger partial charge in [0.1, 0.15) is 17.0 Å². The minimum atomic E-state index is 0.228. The first-order valence-electron chi connectivity index (χ1n) is 5.94. The van der Waals surface area contributed by atoms with Crippen LogP contribution in [0.25, 0.3) is 21.8 Å². The molecule has 0 atom stereocenters. The van der Waals surface area contributed by atoms with Gasteiger partial charge in [-0.05, 0) is 31.2 Å². The Morgan fingerprint density at radius 3 is 2.83 bits per heavy atom. The molecule has 0 saturated carbocycles. The zero-order chi connectivity index (χ0) is 12.5. The Labute approximate surface area is 105 Å². The number of ether oxygens (including phenoxy) is 1. The summed E-state index contributed by atoms with van der Waals surface area (Å²) in [6, 6.07) is 13.2. The van der Waals surface area contributed by atoms with Crippen LogP contribution in [0.15, 0.2) is 42.5 Å². The first-order chi connectivity index (χ1) is 8.79. The van der Waals surface area contributed by atoms with Gasteiger partial charge in [-0.2, -0.15) is 0 Å². The normalized spacial score (nSPS) is 10.9. The molecule has 0 saturated heterocycles. The van der Waals surface area contributed by atoms with Crippen molar-refractivity contribution in [1.82, 2.24) is 4.98 Å². The van der Waals surface area contributed by atoms with E-state index in [-0.39, 0.29) is 5.75 Å². The molecule has 90 valence electrons. The number of phenolic OH excluding ortho intramolecular Hbond substituents is 1. The number of phenols is 1. The van der Waals surface area contributed by atoms with Crippen LogP contribution in [0.1, 0.15) is 6.92 Å². The average molecular weight is 239 g/mol. The molecule has 3 aromatic rings. The Morgan fingerprint density at radius 2 is 2.00 bits per heavy atom. The van der Waals surface area contributed by atoms with E-state index in [0.29, 0.717) is 17.9 Å². The van der Waals surface area contributed by atoms with E-state index in [1.165, 1.54) is 0 Å². The molecule has 3 heteroatoms. The van der Waals surface area contributed by atoms with E-state index in [1.54, 1.807) is 12.1 Å². The van der Waals surface area contributed by atoms with E-state index in [4.69, 9.17) is 4.74 Å². The van der Waals surface area contributed by atoms with Crippen LogP contribution in [0, 0.1) is 0 Å². The lowest BCUT2D eigenvalue weighted by molar-refractivity contribution is 0.343. The van der Waals surface area contributed by atoms with Crippen LogP contribution in [0.4, 0.5) is 0 Å². The zero-order valence-corrected chi connectivity index (χ0v) is 10.1. The van der Waals surface area contributed by atoms with Crippen molar-refractivity contribution in [2.45, 2.75) is 6.92 Å². The summed E-state index contributed by atoms with van der Waals surface area (Å²) in [5.74, 6) is 0.933. The molecule has 3 rings (SSSR count). The fraction of sp³-hybridized carbons (Fsp3) is 0.133. The highest BCUT2D eigenvalue weighted by Gasteiger charge is 2.09. The summed E-state index contributed by atoms with van der Waals surface area (Å²) >= 11 is 0. The molecule has 18 heavy (non-hydrogen) atoms. The maximum absolute atomic E-state index is 9.93. The third kappa shape index (κ3) is 1.64. The van der Waals surface area contributed by atoms with Crippen molar-refractivity contribution >= 4 is 21.8 Å². The smallest absolute Gasteiger partial charge is 0.145 e. The lowest BCUT2D eigenvalue weighted by Crippen LogP contribution is -1.94. The average Bonchev–Trinajstić information content (AvgIpc) is 2.41. The van der Waals surface area contributed by atoms with Crippen LogP contribution < -0.4 is 4.74 Å². The van der Waals surface area contributed by atoms with Gasteiger partial charge >= 0.3 is 0 Å². The predicted molar refractivity (Wildman–Crippen MR) is 72.1 cm³/mol. The number of hydrogen-bond donors (Lipinski definition) is 1. The van der Waals surface area contributed by atoms with Crippen LogP contribution in [0.3, 0.4) is 0 Å². The molecule has 1 aromatic heterocycles. The van der Waals surface area contributed by atoms with Crippen molar-refractivity contribution in [2.24, 2.45) is 0 Å². The Balaban J connectivity index is 2.40. The van der Waals surface area contributed by atoms with Gasteiger partial charge < -0.3 is 9.84 Å². The molecule has 0 spiro atoms. The van der Waals surface area contributed by atoms with Gasteiger partial charge in [0.15, 0.2) is 0 Å². The van der Waals surface area contributed by atoms with Crippen molar-refractivity contribution in [2.75, 3.05) is 6.61 Å². The number of rotatable bonds is 2. The summed E-state index contributed by atoms with van der Waals surface area (Å²) in [7, 11) is 0. The molecule has 0 amide bonds. The van der Waals surface area contributed by atoms with Gasteiger partial charge in [0.2, 0.25) is 0 Å². The zero-order valence-electron chi connectivity index (χ0n) is 10.1. The van der Waals surface area contributed by atoms with Crippen molar-refractivity contribution in [1.29, 1.82) is 0 Å². The summed E-state index contributed by atoms with van der Waals surface area (Å²) < 4.78 is 5.55. The second-order valence-electron chi connectivity index (χ2n) is 4.09. The topological polar surface area (TPSA) is 42.4 Å². The molecular weight excluding hydrogens is 226 g/mol. The maximum atomic E-state index is 9.93. The second kappa shape index (κ2) is 4.18. The maximum Gasteiger partial charge on any atom is 0.145 e. The first kappa shape index (κ1) is 10.8. The lowest BCUT2D eigenvalue weighted by atomic mass is 10.1. The summed E-state index contributed by atoms with van der Waals surface area (Å²) in [6.07, 6.45) is 0. The quantitative estimate of drug-likeness (QED) is 0.696. The molecule has 0 aliphatic rings. The highest BCUT2D eigenvalue weighted by Crippen LogP contribution is 2.33. The lowest BCUT2D eigenvalue weighted by Gasteiger charge is -2.09. The number of benzene rings is 2. The molecule has 1 heterocycles. The number of aromatic hydroxyl groups is 1. The number of aromatic nitrogens is 1. The molecule has 3 nitrogen and oxygen atoms in total. The molecule has 0 aliphatic carbocycles. The molecule has 0 aliphatic heterocycles. The number of nitrogens with zero attached hydrogens (tertiary/aromatic N) is 1. The van der Waals surface area contributed by atoms with Crippen LogP contribution >= 0.6 is 0 Å². The third-order valence-corrected chi connectivity index (χ3v) is 2.93. The number of fused-ring (bicyclic) bond motifs is 2. The summed E-state index contributed by atoms with van der Waals surface area (Å²) in [5.41, 5.74) is 1.60. The van der Waals surface area contributed by atoms with Crippen LogP contribution in [-0.4, -0.2) is 16.7 Å². The van der Waals surface area contributed by atoms with E-state index >= 15 is 0 Å². The van der Waals surface area contributed by atoms with Gasteiger partial charge in [-0.3, -0.25) is 0 Å². The molecule has 2 aromatic carbocycles. The molecule has 0 unspecified atom stereocenters. The van der Waals surface area contributed by atoms with Gasteiger partial charge in [-0.25, -0.2) is 4.98 Å². The summed E-state index contributed by atoms with van der Waals surface area (Å²) in [6.45, 7) is 2.51. The van der Waals surface area contributed by atoms with Crippen molar-refractivity contribution in [3.8, 4) is 11.5 Å². The van der Waals surface area contributed by atoms with E-state index in [2.05, 4.69) is 4.98 Å². The second-order valence-corrected chi connectivity index (χ2v) is 4.09. The number of para-hydroxylation sites is 1. The first-order valence-corrected chi connectivity index (χ1v) is 5.94. The highest BCUT2D eigenvalue weighted by atomic mass is 16.5. The Bertz CT molecular complexity index is 722. The largest absolute Gasteiger partial charge is 0.507 e. The third-order valence-electron chi connectivity index (χ3n) is 2.93. The Kier molecular flexibility index (Phi) is 2.52. The highest BCUT2D eigenvalue weighted by molar-refractivity contribution is 5.98. The summed E-state index contributed by atoms with van der Waals surface area (Å²) in [5, 5.41) is 11.7. The van der Waals surface area contributed by atoms with E-state index in [0.717, 1.165) is 16.3 Å². The van der Waals surface area contributed by atoms with Gasteiger partial charge in [0.25, 0.3) is 0 Å². The van der Waals surface area contributed by atoms with Crippen LogP contribution in [0.5, 0.6) is 11.5 Å². The van der Waals surface area contributed by atoms with Crippen LogP contribution in [-0.2, 0) is 0 Å². The van der Waals surface area contributed by atoms with Crippen LogP contribution in [0.2, 0.25) is 0 Å². The van der Waals surface area contributed by atoms with E-state index in [1.807, 2.05) is 37.3 Å². The minimum absolute atomic E-state index is 0.228. The minimum Gasteiger partial charge on any atom is -0.507 e. The van der Waals surface area contributed by atoms with Gasteiger partial charge in [-0.1, -0.05) is 18.2 Å². The van der Waals surface area contributed by atoms with Gasteiger partial charge in [-0.15, -0.1) is 0 Å². The van der Waals surface area contributed by atoms with Crippen molar-refractivity contribution < 1.29 is 9.84 Å². The Morgan fingerprint density at radius 1 is 1.17 bits per heavy atom. The summed E-state index contributed by atoms with van der Waals surface area (Å²) in [4.78, 5) is 4.57. The fourth-order valence-corrected chi connectivity index (χ4v) is 2.09. The van der Waals surface area contributed by atoms with Gasteiger partial charge in [0, 0.05) is 10.8 Å². The predicted octanol–water partition coefficient (Wildman–Crippen LogP) is 3.49. The molecule has 0 bridgehead atoms. The van der Waals surface area contributed by atoms with E-state index in [9.17, 15) is 5.11 Å². The fourth-order valence-electron chi connectivity index (χ4n) is 2.09. The van der Waals surface area contributed by atoms with Gasteiger partial charge in [0.05, 0.1) is 12.1 Å². The van der Waals surface area contributed by atoms with Crippen molar-refractivity contribution in [3.05, 3.63) is 42.5 Å². The molecule has 0 radical (unpaired) electrons. The number of hydrogen-bond acceptors (Lipinski definition) is 3. The SMILES string of the molecule is CCOc1ccc(O)c2cc3ccccc3nc12. The standard InChI is InChI=1S/C15H13NO2/c1-2-18-14-8-7-13(17)11-9-10-5-3-4-6-12(10)16-15(11)14/h3-9,17H,2H2,1H3.